The van der Waals surface area contributed by atoms with Crippen LogP contribution in [0.5, 0.6) is 0 Å². The molecule has 23 heavy (non-hydrogen) atoms. The van der Waals surface area contributed by atoms with Crippen LogP contribution in [0.15, 0.2) is 54.6 Å². The Morgan fingerprint density at radius 3 is 2.26 bits per heavy atom. The lowest BCUT2D eigenvalue weighted by molar-refractivity contribution is -0.137. The molecule has 0 bridgehead atoms. The van der Waals surface area contributed by atoms with Gasteiger partial charge < -0.3 is 5.32 Å². The lowest BCUT2D eigenvalue weighted by Gasteiger charge is -2.17. The van der Waals surface area contributed by atoms with Gasteiger partial charge in [-0.15, -0.1) is 0 Å². The highest BCUT2D eigenvalue weighted by Crippen LogP contribution is 2.33. The molecule has 0 saturated heterocycles. The van der Waals surface area contributed by atoms with Crippen LogP contribution < -0.4 is 5.32 Å². The fourth-order valence-electron chi connectivity index (χ4n) is 1.92. The number of benzene rings is 2. The first-order chi connectivity index (χ1) is 10.8. The average Bonchev–Trinajstić information content (AvgIpc) is 2.53. The van der Waals surface area contributed by atoms with Crippen molar-refractivity contribution in [2.24, 2.45) is 0 Å². The maximum absolute atomic E-state index is 12.7. The van der Waals surface area contributed by atoms with Crippen molar-refractivity contribution in [3.05, 3.63) is 65.7 Å². The van der Waals surface area contributed by atoms with Gasteiger partial charge in [0.2, 0.25) is 5.91 Å². The molecule has 0 spiro atoms. The van der Waals surface area contributed by atoms with Crippen LogP contribution in [0.25, 0.3) is 0 Å². The van der Waals surface area contributed by atoms with Gasteiger partial charge >= 0.3 is 6.18 Å². The minimum Gasteiger partial charge on any atom is -0.325 e. The van der Waals surface area contributed by atoms with Crippen molar-refractivity contribution in [1.29, 1.82) is 0 Å². The van der Waals surface area contributed by atoms with Crippen LogP contribution in [-0.4, -0.2) is 10.7 Å². The van der Waals surface area contributed by atoms with Crippen molar-refractivity contribution in [3.8, 4) is 0 Å². The van der Waals surface area contributed by atoms with E-state index in [1.807, 2.05) is 30.3 Å². The lowest BCUT2D eigenvalue weighted by atomic mass is 10.1. The summed E-state index contributed by atoms with van der Waals surface area (Å²) in [5.74, 6) is -0.435. The Hall–Kier alpha value is -1.34. The summed E-state index contributed by atoms with van der Waals surface area (Å²) in [6.07, 6.45) is -4.45. The Morgan fingerprint density at radius 1 is 1.00 bits per heavy atom. The summed E-state index contributed by atoms with van der Waals surface area (Å²) in [6.45, 7) is 0. The van der Waals surface area contributed by atoms with E-state index in [0.717, 1.165) is 17.7 Å². The molecule has 1 amide bonds. The van der Waals surface area contributed by atoms with Gasteiger partial charge in [0.05, 0.1) is 10.4 Å². The molecule has 2 aromatic rings. The van der Waals surface area contributed by atoms with E-state index in [1.165, 1.54) is 12.1 Å². The Labute approximate surface area is 148 Å². The molecule has 7 heteroatoms. The molecule has 0 aromatic heterocycles. The molecule has 0 radical (unpaired) electrons. The molecule has 122 valence electrons. The largest absolute Gasteiger partial charge is 0.416 e. The molecule has 1 N–H and O–H groups in total. The predicted molar refractivity (Wildman–Crippen MR) is 90.9 cm³/mol. The van der Waals surface area contributed by atoms with Gasteiger partial charge in [0.25, 0.3) is 0 Å². The molecule has 0 saturated carbocycles. The summed E-state index contributed by atoms with van der Waals surface area (Å²) in [5, 5.41) is 2.49. The van der Waals surface area contributed by atoms with Crippen molar-refractivity contribution in [1.82, 2.24) is 0 Å². The van der Waals surface area contributed by atoms with Crippen molar-refractivity contribution in [2.75, 3.05) is 5.32 Å². The van der Waals surface area contributed by atoms with Crippen LogP contribution in [0.3, 0.4) is 0 Å². The smallest absolute Gasteiger partial charge is 0.325 e. The first-order valence-corrected chi connectivity index (χ1v) is 8.43. The fourth-order valence-corrected chi connectivity index (χ4v) is 2.89. The van der Waals surface area contributed by atoms with Gasteiger partial charge in [-0.25, -0.2) is 0 Å². The first kappa shape index (κ1) is 18.0. The summed E-state index contributed by atoms with van der Waals surface area (Å²) in [4.78, 5) is 11.3. The number of alkyl halides is 5. The Kier molecular flexibility index (Phi) is 5.86. The van der Waals surface area contributed by atoms with E-state index in [4.69, 9.17) is 0 Å². The van der Waals surface area contributed by atoms with Crippen molar-refractivity contribution in [3.63, 3.8) is 0 Å². The summed E-state index contributed by atoms with van der Waals surface area (Å²) in [5.41, 5.74) is 0.176. The monoisotopic (exact) mass is 449 g/mol. The van der Waals surface area contributed by atoms with E-state index >= 15 is 0 Å². The zero-order chi connectivity index (χ0) is 17.0. The molecule has 0 fully saturated rings. The SMILES string of the molecule is O=C(Nc1cccc(C(F)(F)F)c1)[C@@H](Br)[C@@H](Br)c1ccccc1. The standard InChI is InChI=1S/C16H12Br2F3NO/c17-13(10-5-2-1-3-6-10)14(18)15(23)22-12-8-4-7-11(9-12)16(19,20)21/h1-9,13-14H,(H,22,23)/t13-,14-/m0/s1. The highest BCUT2D eigenvalue weighted by atomic mass is 79.9. The number of hydrogen-bond acceptors (Lipinski definition) is 1. The van der Waals surface area contributed by atoms with Gasteiger partial charge in [-0.2, -0.15) is 13.2 Å². The molecule has 2 nitrogen and oxygen atoms in total. The molecule has 0 unspecified atom stereocenters. The second kappa shape index (κ2) is 7.49. The number of amides is 1. The molecule has 0 aliphatic heterocycles. The Morgan fingerprint density at radius 2 is 1.65 bits per heavy atom. The minimum absolute atomic E-state index is 0.0991. The molecular weight excluding hydrogens is 439 g/mol. The molecule has 0 aliphatic carbocycles. The number of rotatable bonds is 4. The number of carbonyl (C=O) groups is 1. The molecule has 2 atom stereocenters. The normalized spacial score (nSPS) is 14.1. The number of halogens is 5. The second-order valence-electron chi connectivity index (χ2n) is 4.78. The maximum atomic E-state index is 12.7. The third kappa shape index (κ3) is 4.81. The minimum atomic E-state index is -4.45. The Bertz CT molecular complexity index is 677. The van der Waals surface area contributed by atoms with Crippen molar-refractivity contribution < 1.29 is 18.0 Å². The topological polar surface area (TPSA) is 29.1 Å². The number of nitrogens with one attached hydrogen (secondary N) is 1. The molecular formula is C16H12Br2F3NO. The van der Waals surface area contributed by atoms with Gasteiger partial charge in [0, 0.05) is 5.69 Å². The third-order valence-corrected chi connectivity index (χ3v) is 5.79. The highest BCUT2D eigenvalue weighted by molar-refractivity contribution is 9.12. The number of hydrogen-bond donors (Lipinski definition) is 1. The van der Waals surface area contributed by atoms with Crippen LogP contribution >= 0.6 is 31.9 Å². The average molecular weight is 451 g/mol. The Balaban J connectivity index is 2.10. The first-order valence-electron chi connectivity index (χ1n) is 6.60. The van der Waals surface area contributed by atoms with Crippen LogP contribution in [-0.2, 0) is 11.0 Å². The van der Waals surface area contributed by atoms with E-state index in [-0.39, 0.29) is 10.5 Å². The van der Waals surface area contributed by atoms with E-state index in [1.54, 1.807) is 0 Å². The van der Waals surface area contributed by atoms with Crippen molar-refractivity contribution >= 4 is 43.5 Å². The maximum Gasteiger partial charge on any atom is 0.416 e. The zero-order valence-corrected chi connectivity index (χ0v) is 14.8. The third-order valence-electron chi connectivity index (χ3n) is 3.08. The lowest BCUT2D eigenvalue weighted by Crippen LogP contribution is -2.26. The molecule has 0 heterocycles. The van der Waals surface area contributed by atoms with Gasteiger partial charge in [0.15, 0.2) is 0 Å². The van der Waals surface area contributed by atoms with E-state index in [9.17, 15) is 18.0 Å². The highest BCUT2D eigenvalue weighted by Gasteiger charge is 2.31. The quantitative estimate of drug-likeness (QED) is 0.608. The van der Waals surface area contributed by atoms with Gasteiger partial charge in [0.1, 0.15) is 4.83 Å². The van der Waals surface area contributed by atoms with Crippen LogP contribution in [0, 0.1) is 0 Å². The van der Waals surface area contributed by atoms with Gasteiger partial charge in [-0.05, 0) is 23.8 Å². The molecule has 2 rings (SSSR count). The summed E-state index contributed by atoms with van der Waals surface area (Å²) < 4.78 is 38.1. The second-order valence-corrected chi connectivity index (χ2v) is 6.76. The van der Waals surface area contributed by atoms with Crippen molar-refractivity contribution in [2.45, 2.75) is 15.8 Å². The summed E-state index contributed by atoms with van der Waals surface area (Å²) >= 11 is 6.70. The summed E-state index contributed by atoms with van der Waals surface area (Å²) in [6, 6.07) is 13.8. The van der Waals surface area contributed by atoms with E-state index in [2.05, 4.69) is 37.2 Å². The predicted octanol–water partition coefficient (Wildman–Crippen LogP) is 5.54. The van der Waals surface area contributed by atoms with E-state index < -0.39 is 22.5 Å². The van der Waals surface area contributed by atoms with Crippen LogP contribution in [0.1, 0.15) is 16.0 Å². The number of carbonyl (C=O) groups excluding carboxylic acids is 1. The van der Waals surface area contributed by atoms with E-state index in [0.29, 0.717) is 0 Å². The van der Waals surface area contributed by atoms with Gasteiger partial charge in [-0.3, -0.25) is 4.79 Å². The van der Waals surface area contributed by atoms with Crippen LogP contribution in [0.4, 0.5) is 18.9 Å². The molecule has 0 aliphatic rings. The molecule has 2 aromatic carbocycles. The van der Waals surface area contributed by atoms with Crippen LogP contribution in [0.2, 0.25) is 0 Å². The fraction of sp³-hybridized carbons (Fsp3) is 0.188. The van der Waals surface area contributed by atoms with Gasteiger partial charge in [-0.1, -0.05) is 68.3 Å². The summed E-state index contributed by atoms with van der Waals surface area (Å²) in [7, 11) is 0. The number of anilines is 1. The zero-order valence-electron chi connectivity index (χ0n) is 11.6.